The highest BCUT2D eigenvalue weighted by Crippen LogP contribution is 2.35. The SMILES string of the molecule is O=C(NNC(=O)[C@@H](Sc1ccccc1)c1ccccc1)c1cccc(Cl)c1. The second-order valence-corrected chi connectivity index (χ2v) is 7.29. The maximum absolute atomic E-state index is 12.8. The fourth-order valence-corrected chi connectivity index (χ4v) is 3.66. The molecule has 6 heteroatoms. The minimum absolute atomic E-state index is 0.314. The fraction of sp³-hybridized carbons (Fsp3) is 0.0476. The number of hydrazine groups is 1. The van der Waals surface area contributed by atoms with Gasteiger partial charge in [-0.1, -0.05) is 66.2 Å². The molecule has 0 unspecified atom stereocenters. The average Bonchev–Trinajstić information content (AvgIpc) is 2.71. The lowest BCUT2D eigenvalue weighted by atomic mass is 10.1. The molecule has 0 bridgehead atoms. The third-order valence-electron chi connectivity index (χ3n) is 3.72. The van der Waals surface area contributed by atoms with Gasteiger partial charge in [0.05, 0.1) is 0 Å². The molecule has 0 aromatic heterocycles. The van der Waals surface area contributed by atoms with E-state index in [-0.39, 0.29) is 5.91 Å². The van der Waals surface area contributed by atoms with Crippen LogP contribution in [0.3, 0.4) is 0 Å². The minimum atomic E-state index is -0.506. The first kappa shape index (κ1) is 19.0. The first-order valence-electron chi connectivity index (χ1n) is 8.26. The predicted molar refractivity (Wildman–Crippen MR) is 109 cm³/mol. The monoisotopic (exact) mass is 396 g/mol. The number of nitrogens with one attached hydrogen (secondary N) is 2. The second-order valence-electron chi connectivity index (χ2n) is 5.68. The van der Waals surface area contributed by atoms with Crippen LogP contribution in [-0.2, 0) is 4.79 Å². The van der Waals surface area contributed by atoms with Crippen molar-refractivity contribution in [1.82, 2.24) is 10.9 Å². The minimum Gasteiger partial charge on any atom is -0.272 e. The van der Waals surface area contributed by atoms with Gasteiger partial charge >= 0.3 is 0 Å². The van der Waals surface area contributed by atoms with Gasteiger partial charge in [0.25, 0.3) is 11.8 Å². The van der Waals surface area contributed by atoms with Crippen LogP contribution in [0.25, 0.3) is 0 Å². The Kier molecular flexibility index (Phi) is 6.52. The van der Waals surface area contributed by atoms with E-state index in [0.29, 0.717) is 10.6 Å². The summed E-state index contributed by atoms with van der Waals surface area (Å²) in [5.74, 6) is -0.743. The third-order valence-corrected chi connectivity index (χ3v) is 5.23. The lowest BCUT2D eigenvalue weighted by Crippen LogP contribution is -2.43. The molecule has 0 saturated carbocycles. The van der Waals surface area contributed by atoms with Crippen LogP contribution in [0.4, 0.5) is 0 Å². The zero-order valence-corrected chi connectivity index (χ0v) is 15.8. The smallest absolute Gasteiger partial charge is 0.269 e. The Hall–Kier alpha value is -2.76. The summed E-state index contributed by atoms with van der Waals surface area (Å²) in [4.78, 5) is 26.0. The van der Waals surface area contributed by atoms with Crippen molar-refractivity contribution in [1.29, 1.82) is 0 Å². The van der Waals surface area contributed by atoms with Gasteiger partial charge in [0.1, 0.15) is 5.25 Å². The van der Waals surface area contributed by atoms with Gasteiger partial charge in [-0.25, -0.2) is 0 Å². The van der Waals surface area contributed by atoms with Crippen LogP contribution >= 0.6 is 23.4 Å². The standard InChI is InChI=1S/C21H17ClN2O2S/c22-17-11-7-10-16(14-17)20(25)23-24-21(26)19(15-8-3-1-4-9-15)27-18-12-5-2-6-13-18/h1-14,19H,(H,23,25)(H,24,26)/t19-/m0/s1. The summed E-state index contributed by atoms with van der Waals surface area (Å²) in [6.45, 7) is 0. The van der Waals surface area contributed by atoms with Crippen LogP contribution in [0, 0.1) is 0 Å². The van der Waals surface area contributed by atoms with Gasteiger partial charge < -0.3 is 0 Å². The maximum atomic E-state index is 12.8. The van der Waals surface area contributed by atoms with Crippen molar-refractivity contribution in [2.45, 2.75) is 10.1 Å². The highest BCUT2D eigenvalue weighted by molar-refractivity contribution is 8.00. The van der Waals surface area contributed by atoms with Crippen molar-refractivity contribution in [3.05, 3.63) is 101 Å². The summed E-state index contributed by atoms with van der Waals surface area (Å²) in [7, 11) is 0. The van der Waals surface area contributed by atoms with Crippen molar-refractivity contribution in [2.24, 2.45) is 0 Å². The molecule has 2 amide bonds. The number of carbonyl (C=O) groups is 2. The molecule has 3 aromatic carbocycles. The van der Waals surface area contributed by atoms with Gasteiger partial charge in [-0.15, -0.1) is 11.8 Å². The Balaban J connectivity index is 1.72. The number of benzene rings is 3. The van der Waals surface area contributed by atoms with E-state index in [4.69, 9.17) is 11.6 Å². The summed E-state index contributed by atoms with van der Waals surface area (Å²) in [5.41, 5.74) is 6.19. The van der Waals surface area contributed by atoms with Crippen molar-refractivity contribution >= 4 is 35.2 Å². The lowest BCUT2D eigenvalue weighted by molar-refractivity contribution is -0.121. The molecule has 0 aliphatic carbocycles. The van der Waals surface area contributed by atoms with Crippen molar-refractivity contribution in [3.8, 4) is 0 Å². The van der Waals surface area contributed by atoms with Gasteiger partial charge in [-0.3, -0.25) is 20.4 Å². The molecule has 0 radical (unpaired) electrons. The van der Waals surface area contributed by atoms with Crippen molar-refractivity contribution in [2.75, 3.05) is 0 Å². The molecular formula is C21H17ClN2O2S. The number of rotatable bonds is 5. The normalized spacial score (nSPS) is 11.4. The molecule has 2 N–H and O–H groups in total. The topological polar surface area (TPSA) is 58.2 Å². The zero-order chi connectivity index (χ0) is 19.1. The quantitative estimate of drug-likeness (QED) is 0.488. The van der Waals surface area contributed by atoms with Gasteiger partial charge in [-0.2, -0.15) is 0 Å². The van der Waals surface area contributed by atoms with E-state index in [1.54, 1.807) is 18.2 Å². The van der Waals surface area contributed by atoms with Gasteiger partial charge in [0.2, 0.25) is 0 Å². The first-order chi connectivity index (χ1) is 13.1. The van der Waals surface area contributed by atoms with E-state index in [2.05, 4.69) is 10.9 Å². The molecule has 0 fully saturated rings. The third kappa shape index (κ3) is 5.36. The van der Waals surface area contributed by atoms with E-state index in [1.165, 1.54) is 17.8 Å². The predicted octanol–water partition coefficient (Wildman–Crippen LogP) is 4.63. The van der Waals surface area contributed by atoms with Gasteiger partial charge in [-0.05, 0) is 35.9 Å². The fourth-order valence-electron chi connectivity index (χ4n) is 2.42. The van der Waals surface area contributed by atoms with Gasteiger partial charge in [0.15, 0.2) is 0 Å². The molecular weight excluding hydrogens is 380 g/mol. The highest BCUT2D eigenvalue weighted by atomic mass is 35.5. The molecule has 0 aliphatic heterocycles. The summed E-state index contributed by atoms with van der Waals surface area (Å²) in [6.07, 6.45) is 0. The summed E-state index contributed by atoms with van der Waals surface area (Å²) in [6, 6.07) is 25.6. The number of thioether (sulfide) groups is 1. The number of halogens is 1. The number of carbonyl (C=O) groups excluding carboxylic acids is 2. The molecule has 3 aromatic rings. The number of hydrogen-bond acceptors (Lipinski definition) is 3. The van der Waals surface area contributed by atoms with Crippen LogP contribution in [0.15, 0.2) is 89.8 Å². The van der Waals surface area contributed by atoms with E-state index < -0.39 is 11.2 Å². The summed E-state index contributed by atoms with van der Waals surface area (Å²) >= 11 is 7.32. The molecule has 4 nitrogen and oxygen atoms in total. The zero-order valence-electron chi connectivity index (χ0n) is 14.3. The van der Waals surface area contributed by atoms with E-state index in [1.807, 2.05) is 60.7 Å². The molecule has 0 spiro atoms. The Morgan fingerprint density at radius 2 is 1.48 bits per heavy atom. The molecule has 136 valence electrons. The van der Waals surface area contributed by atoms with Gasteiger partial charge in [0, 0.05) is 15.5 Å². The summed E-state index contributed by atoms with van der Waals surface area (Å²) < 4.78 is 0. The van der Waals surface area contributed by atoms with E-state index >= 15 is 0 Å². The van der Waals surface area contributed by atoms with Crippen molar-refractivity contribution in [3.63, 3.8) is 0 Å². The summed E-state index contributed by atoms with van der Waals surface area (Å²) in [5, 5.41) is -0.0518. The molecule has 0 aliphatic rings. The Bertz CT molecular complexity index is 920. The van der Waals surface area contributed by atoms with Crippen LogP contribution < -0.4 is 10.9 Å². The number of amides is 2. The second kappa shape index (κ2) is 9.26. The van der Waals surface area contributed by atoms with Crippen molar-refractivity contribution < 1.29 is 9.59 Å². The van der Waals surface area contributed by atoms with E-state index in [0.717, 1.165) is 10.5 Å². The molecule has 27 heavy (non-hydrogen) atoms. The molecule has 0 saturated heterocycles. The molecule has 0 heterocycles. The molecule has 1 atom stereocenters. The lowest BCUT2D eigenvalue weighted by Gasteiger charge is -2.17. The van der Waals surface area contributed by atoms with Crippen LogP contribution in [0.2, 0.25) is 5.02 Å². The Labute approximate surface area is 166 Å². The Morgan fingerprint density at radius 1 is 0.815 bits per heavy atom. The van der Waals surface area contributed by atoms with Crippen LogP contribution in [0.1, 0.15) is 21.2 Å². The maximum Gasteiger partial charge on any atom is 0.269 e. The molecule has 3 rings (SSSR count). The first-order valence-corrected chi connectivity index (χ1v) is 9.51. The number of hydrogen-bond donors (Lipinski definition) is 2. The largest absolute Gasteiger partial charge is 0.272 e. The highest BCUT2D eigenvalue weighted by Gasteiger charge is 2.22. The van der Waals surface area contributed by atoms with Crippen LogP contribution in [0.5, 0.6) is 0 Å². The average molecular weight is 397 g/mol. The Morgan fingerprint density at radius 3 is 2.15 bits per heavy atom. The van der Waals surface area contributed by atoms with E-state index in [9.17, 15) is 9.59 Å². The van der Waals surface area contributed by atoms with Crippen LogP contribution in [-0.4, -0.2) is 11.8 Å².